The molecule has 0 saturated heterocycles. The lowest BCUT2D eigenvalue weighted by atomic mass is 10.1. The Kier molecular flexibility index (Phi) is 5.37. The SMILES string of the molecule is CC(=NO)c1cc(C(O)C(F)(F)F)ccn1.Cl. The van der Waals surface area contributed by atoms with Gasteiger partial charge in [-0.05, 0) is 24.6 Å². The summed E-state index contributed by atoms with van der Waals surface area (Å²) in [7, 11) is 0. The number of rotatable bonds is 2. The Bertz CT molecular complexity index is 409. The van der Waals surface area contributed by atoms with Crippen molar-refractivity contribution in [2.24, 2.45) is 5.16 Å². The maximum absolute atomic E-state index is 12.2. The molecule has 0 aliphatic carbocycles. The van der Waals surface area contributed by atoms with Gasteiger partial charge in [-0.25, -0.2) is 0 Å². The average molecular weight is 271 g/mol. The van der Waals surface area contributed by atoms with E-state index in [2.05, 4.69) is 10.1 Å². The molecule has 4 nitrogen and oxygen atoms in total. The summed E-state index contributed by atoms with van der Waals surface area (Å²) in [5.41, 5.74) is -0.208. The molecule has 0 aromatic carbocycles. The molecule has 0 aliphatic heterocycles. The van der Waals surface area contributed by atoms with Gasteiger partial charge in [-0.3, -0.25) is 4.98 Å². The normalized spacial score (nSPS) is 14.1. The van der Waals surface area contributed by atoms with Gasteiger partial charge in [0.15, 0.2) is 6.10 Å². The Morgan fingerprint density at radius 1 is 1.47 bits per heavy atom. The van der Waals surface area contributed by atoms with E-state index >= 15 is 0 Å². The summed E-state index contributed by atoms with van der Waals surface area (Å²) in [5, 5.41) is 20.2. The zero-order valence-corrected chi connectivity index (χ0v) is 9.46. The van der Waals surface area contributed by atoms with Gasteiger partial charge in [0.1, 0.15) is 5.71 Å². The van der Waals surface area contributed by atoms with E-state index in [1.165, 1.54) is 6.92 Å². The average Bonchev–Trinajstić information content (AvgIpc) is 2.26. The molecule has 0 fully saturated rings. The summed E-state index contributed by atoms with van der Waals surface area (Å²) in [6.07, 6.45) is -6.20. The van der Waals surface area contributed by atoms with E-state index in [4.69, 9.17) is 10.3 Å². The van der Waals surface area contributed by atoms with Gasteiger partial charge in [-0.15, -0.1) is 12.4 Å². The smallest absolute Gasteiger partial charge is 0.411 e. The number of hydrogen-bond acceptors (Lipinski definition) is 4. The number of nitrogens with zero attached hydrogens (tertiary/aromatic N) is 2. The van der Waals surface area contributed by atoms with Crippen LogP contribution in [-0.2, 0) is 0 Å². The van der Waals surface area contributed by atoms with E-state index in [1.54, 1.807) is 0 Å². The van der Waals surface area contributed by atoms with Gasteiger partial charge in [0.25, 0.3) is 0 Å². The summed E-state index contributed by atoms with van der Waals surface area (Å²) in [6, 6.07) is 2.07. The van der Waals surface area contributed by atoms with E-state index in [-0.39, 0.29) is 29.4 Å². The number of alkyl halides is 3. The van der Waals surface area contributed by atoms with Crippen LogP contribution in [0.15, 0.2) is 23.5 Å². The lowest BCUT2D eigenvalue weighted by Crippen LogP contribution is -2.20. The van der Waals surface area contributed by atoms with Crippen molar-refractivity contribution in [2.75, 3.05) is 0 Å². The number of oxime groups is 1. The second-order valence-corrected chi connectivity index (χ2v) is 3.10. The Morgan fingerprint density at radius 3 is 2.53 bits per heavy atom. The van der Waals surface area contributed by atoms with Gasteiger partial charge in [0.05, 0.1) is 5.69 Å². The molecule has 0 bridgehead atoms. The third-order valence-corrected chi connectivity index (χ3v) is 1.93. The van der Waals surface area contributed by atoms with E-state index in [0.717, 1.165) is 18.3 Å². The third kappa shape index (κ3) is 3.86. The molecule has 0 radical (unpaired) electrons. The fourth-order valence-electron chi connectivity index (χ4n) is 1.06. The summed E-state index contributed by atoms with van der Waals surface area (Å²) >= 11 is 0. The molecule has 1 unspecified atom stereocenters. The molecule has 1 heterocycles. The van der Waals surface area contributed by atoms with Crippen molar-refractivity contribution in [2.45, 2.75) is 19.2 Å². The van der Waals surface area contributed by atoms with Gasteiger partial charge in [0, 0.05) is 6.20 Å². The van der Waals surface area contributed by atoms with Crippen LogP contribution < -0.4 is 0 Å². The van der Waals surface area contributed by atoms with Crippen LogP contribution in [0, 0.1) is 0 Å². The second kappa shape index (κ2) is 5.83. The summed E-state index contributed by atoms with van der Waals surface area (Å²) in [5.74, 6) is 0. The van der Waals surface area contributed by atoms with Crippen molar-refractivity contribution in [1.82, 2.24) is 4.98 Å². The van der Waals surface area contributed by atoms with E-state index in [9.17, 15) is 13.2 Å². The third-order valence-electron chi connectivity index (χ3n) is 1.93. The molecule has 17 heavy (non-hydrogen) atoms. The highest BCUT2D eigenvalue weighted by atomic mass is 35.5. The van der Waals surface area contributed by atoms with Gasteiger partial charge >= 0.3 is 6.18 Å². The number of pyridine rings is 1. The van der Waals surface area contributed by atoms with Gasteiger partial charge in [-0.2, -0.15) is 13.2 Å². The molecule has 0 saturated carbocycles. The summed E-state index contributed by atoms with van der Waals surface area (Å²) in [4.78, 5) is 3.71. The summed E-state index contributed by atoms with van der Waals surface area (Å²) < 4.78 is 36.6. The Labute approximate surface area is 101 Å². The second-order valence-electron chi connectivity index (χ2n) is 3.10. The minimum Gasteiger partial charge on any atom is -0.411 e. The molecule has 0 aliphatic rings. The van der Waals surface area contributed by atoms with Crippen molar-refractivity contribution in [1.29, 1.82) is 0 Å². The molecule has 0 spiro atoms. The maximum atomic E-state index is 12.2. The number of hydrogen-bond donors (Lipinski definition) is 2. The van der Waals surface area contributed by atoms with Crippen LogP contribution in [-0.4, -0.2) is 27.2 Å². The first-order chi connectivity index (χ1) is 7.36. The standard InChI is InChI=1S/C9H9F3N2O2.ClH/c1-5(14-16)7-4-6(2-3-13-7)8(15)9(10,11)12;/h2-4,8,15-16H,1H3;1H. The number of aromatic nitrogens is 1. The van der Waals surface area contributed by atoms with Crippen LogP contribution in [0.4, 0.5) is 13.2 Å². The highest BCUT2D eigenvalue weighted by Crippen LogP contribution is 2.32. The number of halogens is 4. The lowest BCUT2D eigenvalue weighted by Gasteiger charge is -2.14. The molecule has 0 amide bonds. The van der Waals surface area contributed by atoms with E-state index < -0.39 is 12.3 Å². The van der Waals surface area contributed by atoms with Gasteiger partial charge in [0.2, 0.25) is 0 Å². The van der Waals surface area contributed by atoms with Crippen molar-refractivity contribution in [3.8, 4) is 0 Å². The molecule has 2 N–H and O–H groups in total. The molecule has 1 aromatic heterocycles. The molecule has 8 heteroatoms. The zero-order valence-electron chi connectivity index (χ0n) is 8.64. The predicted octanol–water partition coefficient (Wildman–Crippen LogP) is 2.30. The van der Waals surface area contributed by atoms with Crippen LogP contribution in [0.1, 0.15) is 24.3 Å². The quantitative estimate of drug-likeness (QED) is 0.492. The van der Waals surface area contributed by atoms with Crippen LogP contribution in [0.3, 0.4) is 0 Å². The molecular formula is C9H10ClF3N2O2. The predicted molar refractivity (Wildman–Crippen MR) is 56.5 cm³/mol. The topological polar surface area (TPSA) is 65.7 Å². The van der Waals surface area contributed by atoms with Crippen molar-refractivity contribution in [3.63, 3.8) is 0 Å². The number of aliphatic hydroxyl groups is 1. The minimum absolute atomic E-state index is 0. The molecule has 1 rings (SSSR count). The number of aliphatic hydroxyl groups excluding tert-OH is 1. The first-order valence-electron chi connectivity index (χ1n) is 4.26. The monoisotopic (exact) mass is 270 g/mol. The largest absolute Gasteiger partial charge is 0.418 e. The fourth-order valence-corrected chi connectivity index (χ4v) is 1.06. The van der Waals surface area contributed by atoms with Crippen molar-refractivity contribution >= 4 is 18.1 Å². The molecule has 1 aromatic rings. The zero-order chi connectivity index (χ0) is 12.3. The molecule has 1 atom stereocenters. The lowest BCUT2D eigenvalue weighted by molar-refractivity contribution is -0.206. The van der Waals surface area contributed by atoms with Crippen LogP contribution in [0.25, 0.3) is 0 Å². The molecule has 96 valence electrons. The van der Waals surface area contributed by atoms with Crippen LogP contribution in [0.2, 0.25) is 0 Å². The first kappa shape index (κ1) is 15.7. The van der Waals surface area contributed by atoms with Gasteiger partial charge in [-0.1, -0.05) is 5.16 Å². The summed E-state index contributed by atoms with van der Waals surface area (Å²) in [6.45, 7) is 1.38. The maximum Gasteiger partial charge on any atom is 0.418 e. The highest BCUT2D eigenvalue weighted by Gasteiger charge is 2.39. The van der Waals surface area contributed by atoms with Crippen molar-refractivity contribution in [3.05, 3.63) is 29.6 Å². The first-order valence-corrected chi connectivity index (χ1v) is 4.26. The minimum atomic E-state index is -4.73. The van der Waals surface area contributed by atoms with Crippen LogP contribution >= 0.6 is 12.4 Å². The van der Waals surface area contributed by atoms with Crippen molar-refractivity contribution < 1.29 is 23.5 Å². The molecular weight excluding hydrogens is 261 g/mol. The van der Waals surface area contributed by atoms with E-state index in [1.807, 2.05) is 0 Å². The van der Waals surface area contributed by atoms with E-state index in [0.29, 0.717) is 0 Å². The van der Waals surface area contributed by atoms with Crippen LogP contribution in [0.5, 0.6) is 0 Å². The Hall–Kier alpha value is -1.34. The Balaban J connectivity index is 0.00000256. The Morgan fingerprint density at radius 2 is 2.06 bits per heavy atom. The van der Waals surface area contributed by atoms with Gasteiger partial charge < -0.3 is 10.3 Å². The fraction of sp³-hybridized carbons (Fsp3) is 0.333. The highest BCUT2D eigenvalue weighted by molar-refractivity contribution is 5.96.